The molecule has 2 heterocycles. The smallest absolute Gasteiger partial charge is 0.244 e. The molecule has 0 saturated heterocycles. The van der Waals surface area contributed by atoms with Crippen molar-refractivity contribution in [3.63, 3.8) is 0 Å². The van der Waals surface area contributed by atoms with Gasteiger partial charge in [-0.15, -0.1) is 0 Å². The highest BCUT2D eigenvalue weighted by molar-refractivity contribution is 5.91. The fourth-order valence-corrected chi connectivity index (χ4v) is 3.34. The van der Waals surface area contributed by atoms with Crippen LogP contribution < -0.4 is 10.1 Å². The lowest BCUT2D eigenvalue weighted by Gasteiger charge is -2.06. The monoisotopic (exact) mass is 438 g/mol. The molecule has 0 radical (unpaired) electrons. The minimum Gasteiger partial charge on any atom is -0.489 e. The molecule has 6 nitrogen and oxygen atoms in total. The van der Waals surface area contributed by atoms with E-state index in [0.29, 0.717) is 13.2 Å². The summed E-state index contributed by atoms with van der Waals surface area (Å²) in [5.74, 6) is 1.38. The zero-order valence-corrected chi connectivity index (χ0v) is 18.7. The normalized spacial score (nSPS) is 11.0. The number of benzene rings is 2. The summed E-state index contributed by atoms with van der Waals surface area (Å²) in [4.78, 5) is 16.7. The maximum absolute atomic E-state index is 12.2. The number of aromatic nitrogens is 3. The quantitative estimate of drug-likeness (QED) is 0.402. The van der Waals surface area contributed by atoms with Gasteiger partial charge in [-0.05, 0) is 60.9 Å². The van der Waals surface area contributed by atoms with E-state index in [2.05, 4.69) is 15.4 Å². The van der Waals surface area contributed by atoms with E-state index < -0.39 is 0 Å². The first-order chi connectivity index (χ1) is 16.1. The fourth-order valence-electron chi connectivity index (χ4n) is 3.34. The Bertz CT molecular complexity index is 1230. The number of ether oxygens (including phenoxy) is 1. The Hall–Kier alpha value is -4.19. The topological polar surface area (TPSA) is 69.0 Å². The second kappa shape index (κ2) is 10.4. The van der Waals surface area contributed by atoms with Gasteiger partial charge in [0.2, 0.25) is 5.91 Å². The van der Waals surface area contributed by atoms with Gasteiger partial charge in [-0.25, -0.2) is 9.67 Å². The van der Waals surface area contributed by atoms with E-state index in [1.165, 1.54) is 6.08 Å². The van der Waals surface area contributed by atoms with Crippen LogP contribution in [0.5, 0.6) is 5.75 Å². The van der Waals surface area contributed by atoms with Crippen LogP contribution in [0, 0.1) is 13.8 Å². The zero-order valence-electron chi connectivity index (χ0n) is 18.7. The number of nitrogens with zero attached hydrogens (tertiary/aromatic N) is 3. The predicted octanol–water partition coefficient (Wildman–Crippen LogP) is 4.79. The lowest BCUT2D eigenvalue weighted by molar-refractivity contribution is -0.116. The summed E-state index contributed by atoms with van der Waals surface area (Å²) in [5.41, 5.74) is 4.94. The standard InChI is InChI=1S/C27H26N4O2/c1-20-16-21(2)31(30-20)26-14-10-24(17-28-26)18-29-27(32)15-11-22-8-12-25(13-9-22)33-19-23-6-4-3-5-7-23/h3-17H,18-19H2,1-2H3,(H,29,32)/b15-11+. The van der Waals surface area contributed by atoms with Gasteiger partial charge in [0.15, 0.2) is 5.82 Å². The van der Waals surface area contributed by atoms with Crippen molar-refractivity contribution in [3.05, 3.63) is 113 Å². The van der Waals surface area contributed by atoms with Crippen molar-refractivity contribution in [3.8, 4) is 11.6 Å². The third-order valence-electron chi connectivity index (χ3n) is 5.06. The molecule has 0 aliphatic carbocycles. The first kappa shape index (κ1) is 22.0. The second-order valence-electron chi connectivity index (χ2n) is 7.76. The minimum atomic E-state index is -0.165. The van der Waals surface area contributed by atoms with Crippen LogP contribution in [0.2, 0.25) is 0 Å². The predicted molar refractivity (Wildman–Crippen MR) is 129 cm³/mol. The van der Waals surface area contributed by atoms with E-state index in [1.807, 2.05) is 86.6 Å². The lowest BCUT2D eigenvalue weighted by Crippen LogP contribution is -2.20. The van der Waals surface area contributed by atoms with Gasteiger partial charge in [0.1, 0.15) is 12.4 Å². The molecule has 0 fully saturated rings. The molecule has 1 N–H and O–H groups in total. The summed E-state index contributed by atoms with van der Waals surface area (Å²) >= 11 is 0. The summed E-state index contributed by atoms with van der Waals surface area (Å²) in [7, 11) is 0. The van der Waals surface area contributed by atoms with Crippen LogP contribution in [-0.2, 0) is 17.9 Å². The van der Waals surface area contributed by atoms with Gasteiger partial charge in [-0.1, -0.05) is 48.5 Å². The number of amides is 1. The molecular formula is C27H26N4O2. The van der Waals surface area contributed by atoms with Gasteiger partial charge in [0.25, 0.3) is 0 Å². The van der Waals surface area contributed by atoms with Gasteiger partial charge in [-0.2, -0.15) is 5.10 Å². The molecule has 0 aliphatic rings. The number of aryl methyl sites for hydroxylation is 2. The summed E-state index contributed by atoms with van der Waals surface area (Å²) in [6, 6.07) is 23.5. The molecule has 33 heavy (non-hydrogen) atoms. The highest BCUT2D eigenvalue weighted by atomic mass is 16.5. The van der Waals surface area contributed by atoms with Crippen molar-refractivity contribution in [2.24, 2.45) is 0 Å². The molecule has 2 aromatic heterocycles. The molecule has 4 rings (SSSR count). The molecule has 0 saturated carbocycles. The van der Waals surface area contributed by atoms with Crippen LogP contribution >= 0.6 is 0 Å². The maximum Gasteiger partial charge on any atom is 0.244 e. The van der Waals surface area contributed by atoms with Gasteiger partial charge in [-0.3, -0.25) is 4.79 Å². The van der Waals surface area contributed by atoms with Gasteiger partial charge >= 0.3 is 0 Å². The molecule has 1 amide bonds. The molecule has 0 atom stereocenters. The van der Waals surface area contributed by atoms with E-state index in [0.717, 1.165) is 39.6 Å². The number of nitrogens with one attached hydrogen (secondary N) is 1. The van der Waals surface area contributed by atoms with E-state index in [-0.39, 0.29) is 5.91 Å². The fraction of sp³-hybridized carbons (Fsp3) is 0.148. The Morgan fingerprint density at radius 2 is 1.79 bits per heavy atom. The highest BCUT2D eigenvalue weighted by Gasteiger charge is 2.05. The number of rotatable bonds is 8. The Kier molecular flexibility index (Phi) is 6.95. The number of carbonyl (C=O) groups is 1. The lowest BCUT2D eigenvalue weighted by atomic mass is 10.2. The Balaban J connectivity index is 1.25. The van der Waals surface area contributed by atoms with E-state index in [4.69, 9.17) is 4.74 Å². The van der Waals surface area contributed by atoms with Crippen molar-refractivity contribution >= 4 is 12.0 Å². The van der Waals surface area contributed by atoms with E-state index >= 15 is 0 Å². The third kappa shape index (κ3) is 6.17. The average molecular weight is 439 g/mol. The second-order valence-corrected chi connectivity index (χ2v) is 7.76. The van der Waals surface area contributed by atoms with Gasteiger partial charge < -0.3 is 10.1 Å². The Labute approximate surface area is 193 Å². The van der Waals surface area contributed by atoms with Crippen molar-refractivity contribution in [1.82, 2.24) is 20.1 Å². The van der Waals surface area contributed by atoms with Crippen LogP contribution in [0.15, 0.2) is 85.1 Å². The Morgan fingerprint density at radius 1 is 1.00 bits per heavy atom. The van der Waals surface area contributed by atoms with E-state index in [9.17, 15) is 4.79 Å². The average Bonchev–Trinajstić information content (AvgIpc) is 3.19. The van der Waals surface area contributed by atoms with Crippen LogP contribution in [0.3, 0.4) is 0 Å². The summed E-state index contributed by atoms with van der Waals surface area (Å²) < 4.78 is 7.59. The maximum atomic E-state index is 12.2. The first-order valence-corrected chi connectivity index (χ1v) is 10.8. The molecule has 6 heteroatoms. The van der Waals surface area contributed by atoms with Gasteiger partial charge in [0, 0.05) is 24.5 Å². The van der Waals surface area contributed by atoms with Crippen molar-refractivity contribution in [2.45, 2.75) is 27.0 Å². The van der Waals surface area contributed by atoms with Crippen LogP contribution in [0.4, 0.5) is 0 Å². The molecule has 166 valence electrons. The first-order valence-electron chi connectivity index (χ1n) is 10.8. The van der Waals surface area contributed by atoms with Crippen molar-refractivity contribution in [1.29, 1.82) is 0 Å². The number of hydrogen-bond donors (Lipinski definition) is 1. The van der Waals surface area contributed by atoms with Crippen molar-refractivity contribution < 1.29 is 9.53 Å². The number of carbonyl (C=O) groups excluding carboxylic acids is 1. The van der Waals surface area contributed by atoms with E-state index in [1.54, 1.807) is 17.0 Å². The SMILES string of the molecule is Cc1cc(C)n(-c2ccc(CNC(=O)/C=C/c3ccc(OCc4ccccc4)cc3)cn2)n1. The molecule has 0 unspecified atom stereocenters. The van der Waals surface area contributed by atoms with Gasteiger partial charge in [0.05, 0.1) is 5.69 Å². The molecule has 4 aromatic rings. The number of pyridine rings is 1. The molecular weight excluding hydrogens is 412 g/mol. The molecule has 0 aliphatic heterocycles. The largest absolute Gasteiger partial charge is 0.489 e. The molecule has 2 aromatic carbocycles. The molecule has 0 spiro atoms. The highest BCUT2D eigenvalue weighted by Crippen LogP contribution is 2.15. The number of hydrogen-bond acceptors (Lipinski definition) is 4. The van der Waals surface area contributed by atoms with Crippen LogP contribution in [0.1, 0.15) is 28.1 Å². The third-order valence-corrected chi connectivity index (χ3v) is 5.06. The summed E-state index contributed by atoms with van der Waals surface area (Å²) in [6.45, 7) is 4.87. The molecule has 0 bridgehead atoms. The minimum absolute atomic E-state index is 0.165. The van der Waals surface area contributed by atoms with Crippen LogP contribution in [-0.4, -0.2) is 20.7 Å². The summed E-state index contributed by atoms with van der Waals surface area (Å²) in [6.07, 6.45) is 5.06. The Morgan fingerprint density at radius 3 is 2.45 bits per heavy atom. The van der Waals surface area contributed by atoms with Crippen LogP contribution in [0.25, 0.3) is 11.9 Å². The van der Waals surface area contributed by atoms with Crippen molar-refractivity contribution in [2.75, 3.05) is 0 Å². The summed E-state index contributed by atoms with van der Waals surface area (Å²) in [5, 5.41) is 7.32. The zero-order chi connectivity index (χ0) is 23.0.